The number of amides is 1. The van der Waals surface area contributed by atoms with Gasteiger partial charge in [0.2, 0.25) is 5.91 Å². The van der Waals surface area contributed by atoms with Crippen molar-refractivity contribution in [2.75, 3.05) is 32.1 Å². The number of nitro groups is 1. The zero-order valence-electron chi connectivity index (χ0n) is 12.2. The van der Waals surface area contributed by atoms with Gasteiger partial charge < -0.3 is 20.1 Å². The highest BCUT2D eigenvalue weighted by Gasteiger charge is 2.20. The molecule has 1 rings (SSSR count). The lowest BCUT2D eigenvalue weighted by Gasteiger charge is -2.19. The van der Waals surface area contributed by atoms with E-state index < -0.39 is 22.9 Å². The molecule has 22 heavy (non-hydrogen) atoms. The third-order valence-electron chi connectivity index (χ3n) is 2.92. The summed E-state index contributed by atoms with van der Waals surface area (Å²) in [4.78, 5) is 34.3. The summed E-state index contributed by atoms with van der Waals surface area (Å²) < 4.78 is 4.69. The Balaban J connectivity index is 2.65. The van der Waals surface area contributed by atoms with Crippen LogP contribution in [-0.2, 0) is 14.3 Å². The van der Waals surface area contributed by atoms with Crippen molar-refractivity contribution in [2.45, 2.75) is 6.10 Å². The largest absolute Gasteiger partial charge is 0.479 e. The maximum atomic E-state index is 11.8. The second kappa shape index (κ2) is 7.93. The number of benzene rings is 1. The number of carbonyl (C=O) groups excluding carboxylic acids is 1. The van der Waals surface area contributed by atoms with E-state index in [0.29, 0.717) is 5.69 Å². The van der Waals surface area contributed by atoms with Crippen LogP contribution in [0.5, 0.6) is 0 Å². The molecule has 0 aliphatic carbocycles. The molecular weight excluding hydrogens is 294 g/mol. The Kier molecular flexibility index (Phi) is 6.26. The summed E-state index contributed by atoms with van der Waals surface area (Å²) in [7, 11) is 2.76. The molecule has 0 radical (unpaired) electrons. The molecule has 1 unspecified atom stereocenters. The number of ether oxygens (including phenoxy) is 1. The number of rotatable bonds is 8. The normalized spacial score (nSPS) is 11.5. The fourth-order valence-corrected chi connectivity index (χ4v) is 1.78. The Morgan fingerprint density at radius 1 is 1.45 bits per heavy atom. The van der Waals surface area contributed by atoms with Gasteiger partial charge in [0, 0.05) is 20.2 Å². The number of aliphatic carboxylic acids is 1. The van der Waals surface area contributed by atoms with Crippen molar-refractivity contribution >= 4 is 23.3 Å². The quantitative estimate of drug-likeness (QED) is 0.521. The van der Waals surface area contributed by atoms with E-state index in [1.54, 1.807) is 6.07 Å². The molecule has 2 N–H and O–H groups in total. The monoisotopic (exact) mass is 311 g/mol. The third-order valence-corrected chi connectivity index (χ3v) is 2.92. The number of nitrogens with one attached hydrogen (secondary N) is 1. The summed E-state index contributed by atoms with van der Waals surface area (Å²) in [6, 6.07) is 6.03. The molecule has 120 valence electrons. The van der Waals surface area contributed by atoms with Gasteiger partial charge in [0.15, 0.2) is 6.10 Å². The number of hydrogen-bond donors (Lipinski definition) is 2. The molecule has 0 aromatic heterocycles. The van der Waals surface area contributed by atoms with Gasteiger partial charge in [-0.1, -0.05) is 12.1 Å². The molecule has 1 aromatic rings. The Labute approximate surface area is 126 Å². The fraction of sp³-hybridized carbons (Fsp3) is 0.385. The number of likely N-dealkylation sites (N-methyl/N-ethyl adjacent to an activating group) is 1. The van der Waals surface area contributed by atoms with Crippen molar-refractivity contribution in [1.82, 2.24) is 5.32 Å². The van der Waals surface area contributed by atoms with Gasteiger partial charge in [0.1, 0.15) is 5.69 Å². The summed E-state index contributed by atoms with van der Waals surface area (Å²) in [6.45, 7) is -0.337. The lowest BCUT2D eigenvalue weighted by molar-refractivity contribution is -0.384. The predicted octanol–water partition coefficient (Wildman–Crippen LogP) is 0.247. The summed E-state index contributed by atoms with van der Waals surface area (Å²) in [6.07, 6.45) is -1.14. The Morgan fingerprint density at radius 3 is 2.64 bits per heavy atom. The molecular formula is C13H17N3O6. The van der Waals surface area contributed by atoms with Gasteiger partial charge in [0.05, 0.1) is 18.0 Å². The van der Waals surface area contributed by atoms with E-state index in [-0.39, 0.29) is 18.8 Å². The van der Waals surface area contributed by atoms with Crippen molar-refractivity contribution in [3.05, 3.63) is 34.4 Å². The third kappa shape index (κ3) is 4.70. The van der Waals surface area contributed by atoms with Crippen LogP contribution in [-0.4, -0.2) is 55.3 Å². The van der Waals surface area contributed by atoms with Crippen molar-refractivity contribution in [1.29, 1.82) is 0 Å². The molecule has 1 aromatic carbocycles. The van der Waals surface area contributed by atoms with Crippen molar-refractivity contribution in [3.63, 3.8) is 0 Å². The van der Waals surface area contributed by atoms with Crippen LogP contribution < -0.4 is 10.2 Å². The van der Waals surface area contributed by atoms with E-state index in [1.165, 1.54) is 37.3 Å². The van der Waals surface area contributed by atoms with Crippen LogP contribution in [0.2, 0.25) is 0 Å². The zero-order chi connectivity index (χ0) is 16.7. The van der Waals surface area contributed by atoms with Crippen LogP contribution in [0.15, 0.2) is 24.3 Å². The van der Waals surface area contributed by atoms with E-state index in [2.05, 4.69) is 10.1 Å². The van der Waals surface area contributed by atoms with E-state index >= 15 is 0 Å². The SMILES string of the molecule is COC(CNC(=O)CN(C)c1ccccc1[N+](=O)[O-])C(=O)O. The molecule has 9 heteroatoms. The van der Waals surface area contributed by atoms with E-state index in [1.807, 2.05) is 0 Å². The van der Waals surface area contributed by atoms with Crippen LogP contribution in [0.3, 0.4) is 0 Å². The Bertz CT molecular complexity index is 562. The number of para-hydroxylation sites is 2. The van der Waals surface area contributed by atoms with E-state index in [9.17, 15) is 19.7 Å². The van der Waals surface area contributed by atoms with E-state index in [4.69, 9.17) is 5.11 Å². The zero-order valence-corrected chi connectivity index (χ0v) is 12.2. The average molecular weight is 311 g/mol. The molecule has 0 bridgehead atoms. The average Bonchev–Trinajstić information content (AvgIpc) is 2.47. The molecule has 0 aliphatic heterocycles. The first-order valence-corrected chi connectivity index (χ1v) is 6.33. The summed E-state index contributed by atoms with van der Waals surface area (Å²) in [5.74, 6) is -1.65. The molecule has 1 atom stereocenters. The standard InChI is InChI=1S/C13H17N3O6/c1-15(9-5-3-4-6-10(9)16(20)21)8-12(17)14-7-11(22-2)13(18)19/h3-6,11H,7-8H2,1-2H3,(H,14,17)(H,18,19). The van der Waals surface area contributed by atoms with E-state index in [0.717, 1.165) is 0 Å². The number of anilines is 1. The highest BCUT2D eigenvalue weighted by Crippen LogP contribution is 2.26. The molecule has 0 spiro atoms. The van der Waals surface area contributed by atoms with Crippen LogP contribution in [0, 0.1) is 10.1 Å². The van der Waals surface area contributed by atoms with Gasteiger partial charge in [-0.3, -0.25) is 14.9 Å². The van der Waals surface area contributed by atoms with Crippen LogP contribution in [0.4, 0.5) is 11.4 Å². The lowest BCUT2D eigenvalue weighted by Crippen LogP contribution is -2.42. The van der Waals surface area contributed by atoms with Gasteiger partial charge in [-0.15, -0.1) is 0 Å². The van der Waals surface area contributed by atoms with Crippen LogP contribution in [0.1, 0.15) is 0 Å². The number of nitrogens with zero attached hydrogens (tertiary/aromatic N) is 2. The number of carboxylic acid groups (broad SMARTS) is 1. The smallest absolute Gasteiger partial charge is 0.334 e. The number of methoxy groups -OCH3 is 1. The summed E-state index contributed by atoms with van der Waals surface area (Å²) in [5, 5.41) is 22.1. The minimum Gasteiger partial charge on any atom is -0.479 e. The summed E-state index contributed by atoms with van der Waals surface area (Å²) in [5.41, 5.74) is 0.183. The van der Waals surface area contributed by atoms with Gasteiger partial charge >= 0.3 is 5.97 Å². The second-order valence-electron chi connectivity index (χ2n) is 4.47. The Morgan fingerprint density at radius 2 is 2.09 bits per heavy atom. The first-order chi connectivity index (χ1) is 10.4. The van der Waals surface area contributed by atoms with Crippen LogP contribution in [0.25, 0.3) is 0 Å². The number of carbonyl (C=O) groups is 2. The second-order valence-corrected chi connectivity index (χ2v) is 4.47. The molecule has 9 nitrogen and oxygen atoms in total. The van der Waals surface area contributed by atoms with Gasteiger partial charge in [0.25, 0.3) is 5.69 Å². The fourth-order valence-electron chi connectivity index (χ4n) is 1.78. The Hall–Kier alpha value is -2.68. The minimum atomic E-state index is -1.19. The molecule has 0 saturated carbocycles. The van der Waals surface area contributed by atoms with Gasteiger partial charge in [-0.05, 0) is 6.07 Å². The van der Waals surface area contributed by atoms with Crippen LogP contribution >= 0.6 is 0 Å². The molecule has 0 fully saturated rings. The van der Waals surface area contributed by atoms with Crippen molar-refractivity contribution < 1.29 is 24.4 Å². The van der Waals surface area contributed by atoms with Crippen molar-refractivity contribution in [2.24, 2.45) is 0 Å². The number of carboxylic acids is 1. The number of nitro benzene ring substituents is 1. The first kappa shape index (κ1) is 17.4. The molecule has 0 saturated heterocycles. The highest BCUT2D eigenvalue weighted by molar-refractivity contribution is 5.83. The molecule has 1 amide bonds. The number of hydrogen-bond acceptors (Lipinski definition) is 6. The van der Waals surface area contributed by atoms with Gasteiger partial charge in [-0.2, -0.15) is 0 Å². The lowest BCUT2D eigenvalue weighted by atomic mass is 10.2. The molecule has 0 heterocycles. The predicted molar refractivity (Wildman–Crippen MR) is 77.8 cm³/mol. The van der Waals surface area contributed by atoms with Gasteiger partial charge in [-0.25, -0.2) is 4.79 Å². The maximum Gasteiger partial charge on any atom is 0.334 e. The molecule has 0 aliphatic rings. The summed E-state index contributed by atoms with van der Waals surface area (Å²) >= 11 is 0. The van der Waals surface area contributed by atoms with Crippen molar-refractivity contribution in [3.8, 4) is 0 Å². The maximum absolute atomic E-state index is 11.8. The minimum absolute atomic E-state index is 0.113. The highest BCUT2D eigenvalue weighted by atomic mass is 16.6. The first-order valence-electron chi connectivity index (χ1n) is 6.33. The topological polar surface area (TPSA) is 122 Å².